The molecule has 0 amide bonds. The molecule has 1 saturated heterocycles. The fraction of sp³-hybridized carbons (Fsp3) is 1.00. The smallest absolute Gasteiger partial charge is 0.303 e. The van der Waals surface area contributed by atoms with Crippen LogP contribution in [0, 0.1) is 5.92 Å². The van der Waals surface area contributed by atoms with Crippen molar-refractivity contribution in [2.45, 2.75) is 56.8 Å². The molecular weight excluding hydrogens is 191 g/mol. The van der Waals surface area contributed by atoms with E-state index >= 15 is 0 Å². The molecule has 2 unspecified atom stereocenters. The molecule has 2 fully saturated rings. The minimum atomic E-state index is -4.05. The first-order valence-electron chi connectivity index (χ1n) is 5.40. The van der Waals surface area contributed by atoms with Crippen LogP contribution in [-0.2, 0) is 0 Å². The van der Waals surface area contributed by atoms with Crippen molar-refractivity contribution in [3.8, 4) is 0 Å². The summed E-state index contributed by atoms with van der Waals surface area (Å²) in [7, 11) is 0. The topological polar surface area (TPSA) is 12.0 Å². The number of rotatable bonds is 1. The van der Waals surface area contributed by atoms with Crippen LogP contribution in [0.4, 0.5) is 13.2 Å². The summed E-state index contributed by atoms with van der Waals surface area (Å²) in [5, 5.41) is 2.77. The minimum absolute atomic E-state index is 0.129. The number of piperidine rings is 1. The van der Waals surface area contributed by atoms with Gasteiger partial charge in [0.1, 0.15) is 6.04 Å². The zero-order valence-corrected chi connectivity index (χ0v) is 8.11. The molecule has 0 aromatic carbocycles. The average molecular weight is 207 g/mol. The molecule has 82 valence electrons. The molecule has 2 rings (SSSR count). The SMILES string of the molecule is FC(F)(F)C1CCCC(C2CCC2)N1. The van der Waals surface area contributed by atoms with Gasteiger partial charge in [-0.05, 0) is 38.0 Å². The lowest BCUT2D eigenvalue weighted by Crippen LogP contribution is -2.53. The van der Waals surface area contributed by atoms with Gasteiger partial charge in [-0.1, -0.05) is 6.42 Å². The lowest BCUT2D eigenvalue weighted by atomic mass is 9.76. The lowest BCUT2D eigenvalue weighted by molar-refractivity contribution is -0.165. The van der Waals surface area contributed by atoms with Crippen LogP contribution in [0.1, 0.15) is 38.5 Å². The second-order valence-corrected chi connectivity index (χ2v) is 4.49. The van der Waals surface area contributed by atoms with Crippen LogP contribution in [0.25, 0.3) is 0 Å². The summed E-state index contributed by atoms with van der Waals surface area (Å²) in [6.07, 6.45) is 1.27. The number of hydrogen-bond donors (Lipinski definition) is 1. The fourth-order valence-corrected chi connectivity index (χ4v) is 2.44. The molecule has 1 heterocycles. The predicted molar refractivity (Wildman–Crippen MR) is 48.0 cm³/mol. The van der Waals surface area contributed by atoms with Gasteiger partial charge < -0.3 is 5.32 Å². The van der Waals surface area contributed by atoms with Crippen molar-refractivity contribution in [2.24, 2.45) is 5.92 Å². The summed E-state index contributed by atoms with van der Waals surface area (Å²) in [5.74, 6) is 0.514. The number of hydrogen-bond acceptors (Lipinski definition) is 1. The van der Waals surface area contributed by atoms with Crippen molar-refractivity contribution in [3.63, 3.8) is 0 Å². The Morgan fingerprint density at radius 1 is 0.929 bits per heavy atom. The van der Waals surface area contributed by atoms with Gasteiger partial charge in [-0.3, -0.25) is 0 Å². The molecular formula is C10H16F3N. The zero-order valence-electron chi connectivity index (χ0n) is 8.11. The quantitative estimate of drug-likeness (QED) is 0.697. The van der Waals surface area contributed by atoms with E-state index in [0.29, 0.717) is 5.92 Å². The van der Waals surface area contributed by atoms with Gasteiger partial charge in [0, 0.05) is 6.04 Å². The van der Waals surface area contributed by atoms with Crippen molar-refractivity contribution in [1.29, 1.82) is 0 Å². The Hall–Kier alpha value is -0.250. The molecule has 0 aromatic rings. The van der Waals surface area contributed by atoms with Gasteiger partial charge in [0.05, 0.1) is 0 Å². The zero-order chi connectivity index (χ0) is 10.2. The first-order chi connectivity index (χ1) is 6.57. The summed E-state index contributed by atoms with van der Waals surface area (Å²) in [6, 6.07) is -1.12. The summed E-state index contributed by atoms with van der Waals surface area (Å²) >= 11 is 0. The highest BCUT2D eigenvalue weighted by Crippen LogP contribution is 2.36. The van der Waals surface area contributed by atoms with E-state index in [0.717, 1.165) is 25.7 Å². The Balaban J connectivity index is 1.90. The first-order valence-corrected chi connectivity index (χ1v) is 5.40. The van der Waals surface area contributed by atoms with E-state index in [4.69, 9.17) is 0 Å². The normalized spacial score (nSPS) is 35.4. The predicted octanol–water partition coefficient (Wildman–Crippen LogP) is 2.86. The van der Waals surface area contributed by atoms with Crippen molar-refractivity contribution >= 4 is 0 Å². The van der Waals surface area contributed by atoms with Gasteiger partial charge in [0.25, 0.3) is 0 Å². The van der Waals surface area contributed by atoms with Gasteiger partial charge in [-0.2, -0.15) is 13.2 Å². The molecule has 0 radical (unpaired) electrons. The molecule has 1 aliphatic carbocycles. The summed E-state index contributed by atoms with van der Waals surface area (Å²) < 4.78 is 37.3. The molecule has 0 aromatic heterocycles. The van der Waals surface area contributed by atoms with Crippen LogP contribution in [0.2, 0.25) is 0 Å². The Bertz CT molecular complexity index is 198. The minimum Gasteiger partial charge on any atom is -0.303 e. The van der Waals surface area contributed by atoms with Crippen LogP contribution >= 0.6 is 0 Å². The maximum Gasteiger partial charge on any atom is 0.403 e. The summed E-state index contributed by atoms with van der Waals surface area (Å²) in [4.78, 5) is 0. The third-order valence-corrected chi connectivity index (χ3v) is 3.54. The maximum atomic E-state index is 12.4. The third-order valence-electron chi connectivity index (χ3n) is 3.54. The van der Waals surface area contributed by atoms with Gasteiger partial charge in [-0.25, -0.2) is 0 Å². The Morgan fingerprint density at radius 2 is 1.57 bits per heavy atom. The Morgan fingerprint density at radius 3 is 2.07 bits per heavy atom. The van der Waals surface area contributed by atoms with Crippen LogP contribution in [0.5, 0.6) is 0 Å². The van der Waals surface area contributed by atoms with E-state index < -0.39 is 12.2 Å². The van der Waals surface area contributed by atoms with E-state index in [1.807, 2.05) is 0 Å². The molecule has 1 saturated carbocycles. The van der Waals surface area contributed by atoms with Crippen LogP contribution in [-0.4, -0.2) is 18.3 Å². The van der Waals surface area contributed by atoms with E-state index in [2.05, 4.69) is 5.32 Å². The van der Waals surface area contributed by atoms with E-state index in [1.54, 1.807) is 0 Å². The summed E-state index contributed by atoms with van der Waals surface area (Å²) in [5.41, 5.74) is 0. The highest BCUT2D eigenvalue weighted by atomic mass is 19.4. The molecule has 0 bridgehead atoms. The standard InChI is InChI=1S/C10H16F3N/c11-10(12,13)9-6-2-5-8(14-9)7-3-1-4-7/h7-9,14H,1-6H2. The second-order valence-electron chi connectivity index (χ2n) is 4.49. The van der Waals surface area contributed by atoms with Crippen LogP contribution in [0.3, 0.4) is 0 Å². The largest absolute Gasteiger partial charge is 0.403 e. The molecule has 2 atom stereocenters. The van der Waals surface area contributed by atoms with Crippen molar-refractivity contribution in [3.05, 3.63) is 0 Å². The second kappa shape index (κ2) is 3.72. The van der Waals surface area contributed by atoms with Gasteiger partial charge in [0.15, 0.2) is 0 Å². The average Bonchev–Trinajstić information content (AvgIpc) is 2.00. The van der Waals surface area contributed by atoms with Crippen molar-refractivity contribution in [1.82, 2.24) is 5.32 Å². The van der Waals surface area contributed by atoms with Gasteiger partial charge in [-0.15, -0.1) is 0 Å². The molecule has 0 spiro atoms. The van der Waals surface area contributed by atoms with Crippen LogP contribution < -0.4 is 5.32 Å². The van der Waals surface area contributed by atoms with E-state index in [9.17, 15) is 13.2 Å². The maximum absolute atomic E-state index is 12.4. The monoisotopic (exact) mass is 207 g/mol. The number of alkyl halides is 3. The first kappa shape index (κ1) is 10.3. The molecule has 1 aliphatic heterocycles. The molecule has 14 heavy (non-hydrogen) atoms. The van der Waals surface area contributed by atoms with E-state index in [1.165, 1.54) is 6.42 Å². The Kier molecular flexibility index (Phi) is 2.73. The summed E-state index contributed by atoms with van der Waals surface area (Å²) in [6.45, 7) is 0. The third kappa shape index (κ3) is 2.05. The highest BCUT2D eigenvalue weighted by Gasteiger charge is 2.43. The molecule has 1 N–H and O–H groups in total. The van der Waals surface area contributed by atoms with E-state index in [-0.39, 0.29) is 12.5 Å². The molecule has 1 nitrogen and oxygen atoms in total. The molecule has 4 heteroatoms. The lowest BCUT2D eigenvalue weighted by Gasteiger charge is -2.40. The van der Waals surface area contributed by atoms with Gasteiger partial charge in [0.2, 0.25) is 0 Å². The fourth-order valence-electron chi connectivity index (χ4n) is 2.44. The van der Waals surface area contributed by atoms with Crippen molar-refractivity contribution < 1.29 is 13.2 Å². The number of halogens is 3. The Labute approximate surface area is 82.1 Å². The van der Waals surface area contributed by atoms with Crippen molar-refractivity contribution in [2.75, 3.05) is 0 Å². The van der Waals surface area contributed by atoms with Gasteiger partial charge >= 0.3 is 6.18 Å². The highest BCUT2D eigenvalue weighted by molar-refractivity contribution is 4.91. The number of nitrogens with one attached hydrogen (secondary N) is 1. The molecule has 2 aliphatic rings. The van der Waals surface area contributed by atoms with Crippen LogP contribution in [0.15, 0.2) is 0 Å².